The number of hydrogen-bond acceptors (Lipinski definition) is 2. The second-order valence-corrected chi connectivity index (χ2v) is 5.24. The molecule has 1 aliphatic carbocycles. The molecule has 0 radical (unpaired) electrons. The van der Waals surface area contributed by atoms with Crippen molar-refractivity contribution in [2.24, 2.45) is 0 Å². The first-order chi connectivity index (χ1) is 10.1. The Hall–Kier alpha value is -2.24. The Morgan fingerprint density at radius 3 is 2.67 bits per heavy atom. The van der Waals surface area contributed by atoms with Crippen molar-refractivity contribution in [3.05, 3.63) is 47.5 Å². The van der Waals surface area contributed by atoms with Gasteiger partial charge in [0, 0.05) is 18.7 Å². The third-order valence-corrected chi connectivity index (χ3v) is 3.57. The number of hydrogen-bond donors (Lipinski definition) is 1. The van der Waals surface area contributed by atoms with E-state index >= 15 is 0 Å². The molecule has 0 spiro atoms. The van der Waals surface area contributed by atoms with Gasteiger partial charge in [-0.1, -0.05) is 12.2 Å². The molecule has 21 heavy (non-hydrogen) atoms. The molecule has 0 saturated heterocycles. The number of carbonyl (C=O) groups is 2. The summed E-state index contributed by atoms with van der Waals surface area (Å²) in [7, 11) is 0. The fraction of sp³-hybridized carbons (Fsp3) is 0.333. The van der Waals surface area contributed by atoms with E-state index in [9.17, 15) is 18.4 Å². The molecule has 110 valence electrons. The number of benzene rings is 1. The molecule has 1 aliphatic heterocycles. The van der Waals surface area contributed by atoms with E-state index in [-0.39, 0.29) is 24.1 Å². The van der Waals surface area contributed by atoms with E-state index in [1.54, 1.807) is 12.2 Å². The van der Waals surface area contributed by atoms with Crippen molar-refractivity contribution in [2.45, 2.75) is 24.9 Å². The minimum Gasteiger partial charge on any atom is -0.351 e. The lowest BCUT2D eigenvalue weighted by atomic mass is 10.1. The van der Waals surface area contributed by atoms with Gasteiger partial charge >= 0.3 is 0 Å². The Morgan fingerprint density at radius 2 is 2.00 bits per heavy atom. The number of amides is 2. The highest BCUT2D eigenvalue weighted by atomic mass is 19.1. The average molecular weight is 292 g/mol. The monoisotopic (exact) mass is 292 g/mol. The van der Waals surface area contributed by atoms with Crippen molar-refractivity contribution in [1.82, 2.24) is 10.2 Å². The molecule has 1 fully saturated rings. The second kappa shape index (κ2) is 5.27. The van der Waals surface area contributed by atoms with E-state index in [0.29, 0.717) is 6.07 Å². The quantitative estimate of drug-likeness (QED) is 0.861. The summed E-state index contributed by atoms with van der Waals surface area (Å²) < 4.78 is 26.6. The summed E-state index contributed by atoms with van der Waals surface area (Å²) >= 11 is 0. The van der Waals surface area contributed by atoms with Gasteiger partial charge in [0.1, 0.15) is 17.7 Å². The second-order valence-electron chi connectivity index (χ2n) is 5.24. The molecule has 3 rings (SSSR count). The highest BCUT2D eigenvalue weighted by Crippen LogP contribution is 2.21. The third kappa shape index (κ3) is 2.79. The molecule has 2 aliphatic rings. The first-order valence-corrected chi connectivity index (χ1v) is 6.79. The van der Waals surface area contributed by atoms with Crippen LogP contribution in [0.5, 0.6) is 0 Å². The highest BCUT2D eigenvalue weighted by molar-refractivity contribution is 5.99. The largest absolute Gasteiger partial charge is 0.351 e. The molecule has 0 aromatic heterocycles. The van der Waals surface area contributed by atoms with Crippen LogP contribution in [0.3, 0.4) is 0 Å². The predicted molar refractivity (Wildman–Crippen MR) is 71.5 cm³/mol. The number of halogens is 2. The Labute approximate surface area is 120 Å². The normalized spacial score (nSPS) is 20.7. The summed E-state index contributed by atoms with van der Waals surface area (Å²) in [6.45, 7) is 0.235. The van der Waals surface area contributed by atoms with Crippen LogP contribution < -0.4 is 5.32 Å². The molecule has 1 aromatic carbocycles. The number of carbonyl (C=O) groups excluding carboxylic acids is 2. The van der Waals surface area contributed by atoms with E-state index in [0.717, 1.165) is 25.0 Å². The van der Waals surface area contributed by atoms with E-state index in [4.69, 9.17) is 0 Å². The van der Waals surface area contributed by atoms with Gasteiger partial charge in [0.15, 0.2) is 0 Å². The molecule has 2 amide bonds. The summed E-state index contributed by atoms with van der Waals surface area (Å²) in [5.74, 6) is -2.55. The molecule has 6 heteroatoms. The zero-order chi connectivity index (χ0) is 15.0. The Kier molecular flexibility index (Phi) is 3.45. The van der Waals surface area contributed by atoms with Crippen LogP contribution in [0.1, 0.15) is 23.2 Å². The summed E-state index contributed by atoms with van der Waals surface area (Å²) in [6.07, 6.45) is 5.21. The van der Waals surface area contributed by atoms with Crippen LogP contribution in [0.2, 0.25) is 0 Å². The van der Waals surface area contributed by atoms with Gasteiger partial charge < -0.3 is 10.2 Å². The van der Waals surface area contributed by atoms with Crippen molar-refractivity contribution >= 4 is 11.8 Å². The summed E-state index contributed by atoms with van der Waals surface area (Å²) in [6, 6.07) is 2.24. The van der Waals surface area contributed by atoms with Crippen LogP contribution in [-0.2, 0) is 4.79 Å². The maximum Gasteiger partial charge on any atom is 0.258 e. The summed E-state index contributed by atoms with van der Waals surface area (Å²) in [4.78, 5) is 25.7. The van der Waals surface area contributed by atoms with E-state index in [1.807, 2.05) is 0 Å². The Morgan fingerprint density at radius 1 is 1.24 bits per heavy atom. The van der Waals surface area contributed by atoms with Crippen molar-refractivity contribution in [3.8, 4) is 0 Å². The SMILES string of the molecule is O=C(NC1CC1)[C@@H]1C=CCN1C(=O)c1ccc(F)cc1F. The molecule has 4 nitrogen and oxygen atoms in total. The molecule has 1 N–H and O–H groups in total. The van der Waals surface area contributed by atoms with E-state index < -0.39 is 23.6 Å². The predicted octanol–water partition coefficient (Wildman–Crippen LogP) is 1.62. The van der Waals surface area contributed by atoms with Crippen LogP contribution in [-0.4, -0.2) is 35.3 Å². The van der Waals surface area contributed by atoms with Crippen LogP contribution >= 0.6 is 0 Å². The van der Waals surface area contributed by atoms with Crippen LogP contribution in [0.15, 0.2) is 30.4 Å². The minimum atomic E-state index is -0.923. The van der Waals surface area contributed by atoms with Crippen molar-refractivity contribution < 1.29 is 18.4 Å². The van der Waals surface area contributed by atoms with Gasteiger partial charge in [-0.3, -0.25) is 9.59 Å². The molecule has 0 unspecified atom stereocenters. The maximum atomic E-state index is 13.7. The molecule has 1 heterocycles. The van der Waals surface area contributed by atoms with Crippen molar-refractivity contribution in [2.75, 3.05) is 6.54 Å². The van der Waals surface area contributed by atoms with E-state index in [2.05, 4.69) is 5.32 Å². The molecule has 1 atom stereocenters. The third-order valence-electron chi connectivity index (χ3n) is 3.57. The first-order valence-electron chi connectivity index (χ1n) is 6.79. The zero-order valence-corrected chi connectivity index (χ0v) is 11.2. The van der Waals surface area contributed by atoms with Gasteiger partial charge in [-0.25, -0.2) is 8.78 Å². The van der Waals surface area contributed by atoms with E-state index in [1.165, 1.54) is 4.90 Å². The van der Waals surface area contributed by atoms with Crippen molar-refractivity contribution in [1.29, 1.82) is 0 Å². The maximum absolute atomic E-state index is 13.7. The lowest BCUT2D eigenvalue weighted by Crippen LogP contribution is -2.47. The van der Waals surface area contributed by atoms with Crippen LogP contribution in [0.25, 0.3) is 0 Å². The Balaban J connectivity index is 1.78. The molecule has 1 saturated carbocycles. The number of nitrogens with one attached hydrogen (secondary N) is 1. The minimum absolute atomic E-state index is 0.186. The lowest BCUT2D eigenvalue weighted by Gasteiger charge is -2.24. The fourth-order valence-electron chi connectivity index (χ4n) is 2.29. The van der Waals surface area contributed by atoms with Crippen LogP contribution in [0.4, 0.5) is 8.78 Å². The first kappa shape index (κ1) is 13.7. The standard InChI is InChI=1S/C15H14F2N2O2/c16-9-3-6-11(12(17)8-9)15(21)19-7-1-2-13(19)14(20)18-10-4-5-10/h1-3,6,8,10,13H,4-5,7H2,(H,18,20)/t13-/m0/s1. The molecular weight excluding hydrogens is 278 g/mol. The smallest absolute Gasteiger partial charge is 0.258 e. The highest BCUT2D eigenvalue weighted by Gasteiger charge is 2.34. The topological polar surface area (TPSA) is 49.4 Å². The van der Waals surface area contributed by atoms with Gasteiger partial charge in [0.25, 0.3) is 5.91 Å². The number of nitrogens with zero attached hydrogens (tertiary/aromatic N) is 1. The van der Waals surface area contributed by atoms with Gasteiger partial charge in [0.2, 0.25) is 5.91 Å². The summed E-state index contributed by atoms with van der Waals surface area (Å²) in [5, 5.41) is 2.82. The molecular formula is C15H14F2N2O2. The lowest BCUT2D eigenvalue weighted by molar-refractivity contribution is -0.123. The van der Waals surface area contributed by atoms with Gasteiger partial charge in [0.05, 0.1) is 5.56 Å². The zero-order valence-electron chi connectivity index (χ0n) is 11.2. The Bertz CT molecular complexity index is 626. The number of rotatable bonds is 3. The van der Waals surface area contributed by atoms with Gasteiger partial charge in [-0.05, 0) is 25.0 Å². The fourth-order valence-corrected chi connectivity index (χ4v) is 2.29. The molecule has 0 bridgehead atoms. The average Bonchev–Trinajstić information content (AvgIpc) is 3.11. The van der Waals surface area contributed by atoms with Crippen molar-refractivity contribution in [3.63, 3.8) is 0 Å². The molecule has 1 aromatic rings. The summed E-state index contributed by atoms with van der Waals surface area (Å²) in [5.41, 5.74) is -0.232. The van der Waals surface area contributed by atoms with Gasteiger partial charge in [-0.2, -0.15) is 0 Å². The van der Waals surface area contributed by atoms with Crippen LogP contribution in [0, 0.1) is 11.6 Å². The van der Waals surface area contributed by atoms with Gasteiger partial charge in [-0.15, -0.1) is 0 Å².